The lowest BCUT2D eigenvalue weighted by atomic mass is 9.90. The lowest BCUT2D eigenvalue weighted by Gasteiger charge is -2.36. The Morgan fingerprint density at radius 3 is 2.59 bits per heavy atom. The maximum absolute atomic E-state index is 13.8. The van der Waals surface area contributed by atoms with E-state index in [1.807, 2.05) is 35.4 Å². The van der Waals surface area contributed by atoms with Gasteiger partial charge in [0.05, 0.1) is 35.5 Å². The molecule has 1 amide bonds. The van der Waals surface area contributed by atoms with Crippen LogP contribution in [0, 0.1) is 0 Å². The quantitative estimate of drug-likeness (QED) is 0.371. The van der Waals surface area contributed by atoms with Crippen LogP contribution in [0.4, 0.5) is 5.82 Å². The molecule has 3 aliphatic rings. The molecule has 1 aliphatic carbocycles. The normalized spacial score (nSPS) is 20.5. The van der Waals surface area contributed by atoms with Crippen molar-refractivity contribution in [2.45, 2.75) is 50.7 Å². The van der Waals surface area contributed by atoms with E-state index in [4.69, 9.17) is 10.1 Å². The predicted molar refractivity (Wildman–Crippen MR) is 146 cm³/mol. The molecule has 7 nitrogen and oxygen atoms in total. The monoisotopic (exact) mass is 508 g/mol. The highest BCUT2D eigenvalue weighted by molar-refractivity contribution is 7.07. The van der Waals surface area contributed by atoms with Crippen LogP contribution in [0.15, 0.2) is 70.5 Å². The molecule has 4 aromatic rings. The average Bonchev–Trinajstić information content (AvgIpc) is 3.67. The SMILES string of the molecule is CN1C(=O)c2c(nn(Cc3ccc(-c4cscn4)cc3)c2Cc2ccccc2)N2C1=N[C@@H]1CCCC[C@@H]12. The number of amides is 1. The third-order valence-corrected chi connectivity index (χ3v) is 8.42. The number of hydrogen-bond donors (Lipinski definition) is 0. The number of aromatic nitrogens is 3. The molecule has 186 valence electrons. The van der Waals surface area contributed by atoms with E-state index in [1.165, 1.54) is 12.8 Å². The van der Waals surface area contributed by atoms with Gasteiger partial charge >= 0.3 is 0 Å². The zero-order valence-corrected chi connectivity index (χ0v) is 21.6. The lowest BCUT2D eigenvalue weighted by molar-refractivity contribution is 0.0864. The number of fused-ring (bicyclic) bond motifs is 5. The number of nitrogens with zero attached hydrogens (tertiary/aromatic N) is 6. The summed E-state index contributed by atoms with van der Waals surface area (Å²) in [7, 11) is 1.86. The first-order valence-corrected chi connectivity index (χ1v) is 13.9. The summed E-state index contributed by atoms with van der Waals surface area (Å²) in [5.41, 5.74) is 7.93. The molecule has 7 rings (SSSR count). The molecule has 0 spiro atoms. The van der Waals surface area contributed by atoms with Gasteiger partial charge in [0, 0.05) is 24.4 Å². The van der Waals surface area contributed by atoms with Crippen LogP contribution in [-0.4, -0.2) is 50.7 Å². The summed E-state index contributed by atoms with van der Waals surface area (Å²) in [6.07, 6.45) is 5.19. The van der Waals surface area contributed by atoms with Gasteiger partial charge in [-0.05, 0) is 24.0 Å². The van der Waals surface area contributed by atoms with Gasteiger partial charge in [0.1, 0.15) is 5.56 Å². The highest BCUT2D eigenvalue weighted by Gasteiger charge is 2.48. The smallest absolute Gasteiger partial charge is 0.266 e. The summed E-state index contributed by atoms with van der Waals surface area (Å²) in [6, 6.07) is 19.4. The van der Waals surface area contributed by atoms with Crippen molar-refractivity contribution in [2.24, 2.45) is 4.99 Å². The highest BCUT2D eigenvalue weighted by atomic mass is 32.1. The van der Waals surface area contributed by atoms with Crippen molar-refractivity contribution in [1.29, 1.82) is 0 Å². The number of carbonyl (C=O) groups excluding carboxylic acids is 1. The minimum Gasteiger partial charge on any atom is -0.289 e. The molecule has 0 radical (unpaired) electrons. The van der Waals surface area contributed by atoms with E-state index in [0.29, 0.717) is 13.0 Å². The van der Waals surface area contributed by atoms with Gasteiger partial charge in [-0.3, -0.25) is 19.3 Å². The van der Waals surface area contributed by atoms with E-state index in [-0.39, 0.29) is 18.0 Å². The molecule has 37 heavy (non-hydrogen) atoms. The van der Waals surface area contributed by atoms with Crippen molar-refractivity contribution in [3.05, 3.63) is 87.9 Å². The molecule has 2 aliphatic heterocycles. The molecule has 2 atom stereocenters. The molecule has 4 heterocycles. The van der Waals surface area contributed by atoms with E-state index in [9.17, 15) is 4.79 Å². The van der Waals surface area contributed by atoms with Crippen LogP contribution in [-0.2, 0) is 13.0 Å². The van der Waals surface area contributed by atoms with Crippen molar-refractivity contribution in [3.8, 4) is 11.3 Å². The van der Waals surface area contributed by atoms with E-state index < -0.39 is 0 Å². The Bertz CT molecular complexity index is 1470. The number of guanidine groups is 1. The second-order valence-electron chi connectivity index (χ2n) is 10.1. The molecule has 0 bridgehead atoms. The topological polar surface area (TPSA) is 66.6 Å². The first-order chi connectivity index (χ1) is 18.2. The summed E-state index contributed by atoms with van der Waals surface area (Å²) in [5, 5.41) is 7.20. The van der Waals surface area contributed by atoms with Gasteiger partial charge in [0.2, 0.25) is 5.96 Å². The molecule has 0 saturated heterocycles. The zero-order chi connectivity index (χ0) is 24.9. The first-order valence-electron chi connectivity index (χ1n) is 12.9. The van der Waals surface area contributed by atoms with Crippen LogP contribution in [0.25, 0.3) is 11.3 Å². The van der Waals surface area contributed by atoms with Crippen molar-refractivity contribution < 1.29 is 4.79 Å². The fraction of sp³-hybridized carbons (Fsp3) is 0.310. The molecule has 1 fully saturated rings. The van der Waals surface area contributed by atoms with Crippen LogP contribution >= 0.6 is 11.3 Å². The fourth-order valence-electron chi connectivity index (χ4n) is 5.94. The largest absolute Gasteiger partial charge is 0.289 e. The molecule has 8 heteroatoms. The Balaban J connectivity index is 1.31. The summed E-state index contributed by atoms with van der Waals surface area (Å²) in [4.78, 5) is 27.2. The van der Waals surface area contributed by atoms with Crippen LogP contribution in [0.3, 0.4) is 0 Å². The maximum Gasteiger partial charge on any atom is 0.266 e. The Morgan fingerprint density at radius 2 is 1.81 bits per heavy atom. The van der Waals surface area contributed by atoms with Gasteiger partial charge in [-0.15, -0.1) is 11.3 Å². The van der Waals surface area contributed by atoms with Crippen molar-refractivity contribution in [1.82, 2.24) is 19.7 Å². The summed E-state index contributed by atoms with van der Waals surface area (Å²) in [6.45, 7) is 0.595. The number of thiazole rings is 1. The van der Waals surface area contributed by atoms with Gasteiger partial charge in [0.15, 0.2) is 5.82 Å². The van der Waals surface area contributed by atoms with Crippen molar-refractivity contribution in [2.75, 3.05) is 11.9 Å². The summed E-state index contributed by atoms with van der Waals surface area (Å²) < 4.78 is 2.04. The fourth-order valence-corrected chi connectivity index (χ4v) is 6.50. The zero-order valence-electron chi connectivity index (χ0n) is 20.7. The van der Waals surface area contributed by atoms with Crippen LogP contribution in [0.2, 0.25) is 0 Å². The van der Waals surface area contributed by atoms with Gasteiger partial charge in [-0.1, -0.05) is 67.4 Å². The van der Waals surface area contributed by atoms with Gasteiger partial charge in [-0.2, -0.15) is 5.10 Å². The maximum atomic E-state index is 13.8. The number of hydrogen-bond acceptors (Lipinski definition) is 6. The number of carbonyl (C=O) groups is 1. The molecular weight excluding hydrogens is 480 g/mol. The predicted octanol–water partition coefficient (Wildman–Crippen LogP) is 5.22. The molecule has 0 unspecified atom stereocenters. The average molecular weight is 509 g/mol. The minimum atomic E-state index is -0.0142. The molecule has 2 aromatic heterocycles. The van der Waals surface area contributed by atoms with Gasteiger partial charge in [0.25, 0.3) is 5.91 Å². The third kappa shape index (κ3) is 3.78. The molecular formula is C29H28N6OS. The van der Waals surface area contributed by atoms with E-state index in [1.54, 1.807) is 16.2 Å². The Morgan fingerprint density at radius 1 is 1.00 bits per heavy atom. The number of anilines is 1. The third-order valence-electron chi connectivity index (χ3n) is 7.84. The van der Waals surface area contributed by atoms with Crippen LogP contribution in [0.1, 0.15) is 52.9 Å². The van der Waals surface area contributed by atoms with E-state index >= 15 is 0 Å². The second-order valence-corrected chi connectivity index (χ2v) is 10.8. The first kappa shape index (κ1) is 22.4. The minimum absolute atomic E-state index is 0.0142. The Kier molecular flexibility index (Phi) is 5.43. The van der Waals surface area contributed by atoms with Crippen molar-refractivity contribution in [3.63, 3.8) is 0 Å². The molecule has 2 aromatic carbocycles. The van der Waals surface area contributed by atoms with Gasteiger partial charge < -0.3 is 0 Å². The Hall–Kier alpha value is -3.78. The highest BCUT2D eigenvalue weighted by Crippen LogP contribution is 2.40. The standard InChI is InChI=1S/C29H28N6OS/c1-33-28(36)26-25(15-19-7-3-2-4-8-19)34(16-20-11-13-21(14-12-20)23-17-37-18-30-23)32-27(26)35-24-10-6-5-9-22(24)31-29(33)35/h2-4,7-8,11-14,17-18,22,24H,5-6,9-10,15-16H2,1H3/t22-,24+/m1/s1. The molecule has 0 N–H and O–H groups in total. The van der Waals surface area contributed by atoms with Gasteiger partial charge in [-0.25, -0.2) is 9.98 Å². The summed E-state index contributed by atoms with van der Waals surface area (Å²) in [5.74, 6) is 1.53. The Labute approximate surface area is 220 Å². The number of rotatable bonds is 5. The summed E-state index contributed by atoms with van der Waals surface area (Å²) >= 11 is 1.60. The van der Waals surface area contributed by atoms with Crippen LogP contribution < -0.4 is 4.90 Å². The van der Waals surface area contributed by atoms with Crippen LogP contribution in [0.5, 0.6) is 0 Å². The van der Waals surface area contributed by atoms with Crippen molar-refractivity contribution >= 4 is 29.0 Å². The number of aliphatic imine (C=N–C) groups is 1. The molecule has 1 saturated carbocycles. The number of benzene rings is 2. The second kappa shape index (κ2) is 8.95. The lowest BCUT2D eigenvalue weighted by Crippen LogP contribution is -2.52. The van der Waals surface area contributed by atoms with E-state index in [0.717, 1.165) is 58.3 Å². The van der Waals surface area contributed by atoms with E-state index in [2.05, 4.69) is 51.7 Å².